The van der Waals surface area contributed by atoms with Gasteiger partial charge in [0.2, 0.25) is 0 Å². The van der Waals surface area contributed by atoms with Gasteiger partial charge in [-0.25, -0.2) is 0 Å². The fourth-order valence-electron chi connectivity index (χ4n) is 2.88. The largest absolute Gasteiger partial charge is 0.377 e. The number of rotatable bonds is 6. The summed E-state index contributed by atoms with van der Waals surface area (Å²) in [6, 6.07) is 11.5. The fourth-order valence-corrected chi connectivity index (χ4v) is 2.88. The van der Waals surface area contributed by atoms with Crippen molar-refractivity contribution in [2.24, 2.45) is 0 Å². The Balaban J connectivity index is 1.97. The SMILES string of the molecule is CNC(c1ccccc1)C(C)N(C)CC1CCCO1. The van der Waals surface area contributed by atoms with Crippen LogP contribution in [0.1, 0.15) is 31.4 Å². The molecule has 0 saturated carbocycles. The molecule has 1 aromatic carbocycles. The van der Waals surface area contributed by atoms with Gasteiger partial charge in [0.05, 0.1) is 6.10 Å². The third-order valence-corrected chi connectivity index (χ3v) is 4.16. The third-order valence-electron chi connectivity index (χ3n) is 4.16. The Morgan fingerprint density at radius 1 is 1.37 bits per heavy atom. The zero-order chi connectivity index (χ0) is 13.7. The summed E-state index contributed by atoms with van der Waals surface area (Å²) >= 11 is 0. The predicted molar refractivity (Wildman–Crippen MR) is 79.3 cm³/mol. The topological polar surface area (TPSA) is 24.5 Å². The van der Waals surface area contributed by atoms with Gasteiger partial charge in [-0.2, -0.15) is 0 Å². The first-order valence-corrected chi connectivity index (χ1v) is 7.26. The van der Waals surface area contributed by atoms with Gasteiger partial charge >= 0.3 is 0 Å². The molecule has 0 aromatic heterocycles. The molecule has 0 radical (unpaired) electrons. The molecule has 3 atom stereocenters. The summed E-state index contributed by atoms with van der Waals surface area (Å²) in [6.07, 6.45) is 2.83. The van der Waals surface area contributed by atoms with Gasteiger partial charge in [0.1, 0.15) is 0 Å². The van der Waals surface area contributed by atoms with Gasteiger partial charge in [0.15, 0.2) is 0 Å². The molecule has 3 nitrogen and oxygen atoms in total. The van der Waals surface area contributed by atoms with Gasteiger partial charge in [0, 0.05) is 25.2 Å². The number of hydrogen-bond acceptors (Lipinski definition) is 3. The smallest absolute Gasteiger partial charge is 0.0702 e. The third kappa shape index (κ3) is 3.78. The molecule has 1 aliphatic heterocycles. The molecule has 1 aliphatic rings. The van der Waals surface area contributed by atoms with Crippen LogP contribution in [-0.2, 0) is 4.74 Å². The maximum absolute atomic E-state index is 5.73. The van der Waals surface area contributed by atoms with Crippen molar-refractivity contribution in [3.63, 3.8) is 0 Å². The zero-order valence-electron chi connectivity index (χ0n) is 12.3. The van der Waals surface area contributed by atoms with Crippen molar-refractivity contribution >= 4 is 0 Å². The van der Waals surface area contributed by atoms with Crippen LogP contribution in [0.5, 0.6) is 0 Å². The lowest BCUT2D eigenvalue weighted by molar-refractivity contribution is 0.0644. The minimum Gasteiger partial charge on any atom is -0.377 e. The highest BCUT2D eigenvalue weighted by Crippen LogP contribution is 2.21. The van der Waals surface area contributed by atoms with Crippen molar-refractivity contribution in [3.05, 3.63) is 35.9 Å². The highest BCUT2D eigenvalue weighted by molar-refractivity contribution is 5.20. The quantitative estimate of drug-likeness (QED) is 0.852. The Hall–Kier alpha value is -0.900. The van der Waals surface area contributed by atoms with Crippen LogP contribution in [0.4, 0.5) is 0 Å². The first-order valence-electron chi connectivity index (χ1n) is 7.26. The Morgan fingerprint density at radius 2 is 2.11 bits per heavy atom. The van der Waals surface area contributed by atoms with E-state index in [1.54, 1.807) is 0 Å². The van der Waals surface area contributed by atoms with Gasteiger partial charge in [-0.3, -0.25) is 4.90 Å². The van der Waals surface area contributed by atoms with Gasteiger partial charge in [-0.15, -0.1) is 0 Å². The molecule has 19 heavy (non-hydrogen) atoms. The summed E-state index contributed by atoms with van der Waals surface area (Å²) < 4.78 is 5.73. The van der Waals surface area contributed by atoms with Crippen LogP contribution in [0, 0.1) is 0 Å². The van der Waals surface area contributed by atoms with Gasteiger partial charge < -0.3 is 10.1 Å². The van der Waals surface area contributed by atoms with Crippen LogP contribution >= 0.6 is 0 Å². The molecule has 1 fully saturated rings. The molecule has 1 heterocycles. The van der Waals surface area contributed by atoms with Crippen molar-refractivity contribution in [1.29, 1.82) is 0 Å². The monoisotopic (exact) mass is 262 g/mol. The molecule has 106 valence electrons. The number of benzene rings is 1. The van der Waals surface area contributed by atoms with Crippen LogP contribution in [0.3, 0.4) is 0 Å². The Labute approximate surface area is 116 Å². The number of hydrogen-bond donors (Lipinski definition) is 1. The van der Waals surface area contributed by atoms with Gasteiger partial charge in [-0.05, 0) is 39.4 Å². The molecule has 3 unspecified atom stereocenters. The fraction of sp³-hybridized carbons (Fsp3) is 0.625. The molecule has 0 aliphatic carbocycles. The Bertz CT molecular complexity index is 362. The first kappa shape index (κ1) is 14.5. The van der Waals surface area contributed by atoms with E-state index in [0.29, 0.717) is 18.2 Å². The maximum atomic E-state index is 5.73. The molecule has 0 spiro atoms. The van der Waals surface area contributed by atoms with Crippen LogP contribution in [0.25, 0.3) is 0 Å². The molecule has 1 aromatic rings. The second kappa shape index (κ2) is 7.04. The standard InChI is InChI=1S/C16H26N2O/c1-13(18(3)12-15-10-7-11-19-15)16(17-2)14-8-5-4-6-9-14/h4-6,8-9,13,15-17H,7,10-12H2,1-3H3. The summed E-state index contributed by atoms with van der Waals surface area (Å²) in [4.78, 5) is 2.41. The second-order valence-corrected chi connectivity index (χ2v) is 5.49. The average molecular weight is 262 g/mol. The first-order chi connectivity index (χ1) is 9.22. The molecular weight excluding hydrogens is 236 g/mol. The van der Waals surface area contributed by atoms with E-state index in [0.717, 1.165) is 13.2 Å². The average Bonchev–Trinajstić information content (AvgIpc) is 2.93. The lowest BCUT2D eigenvalue weighted by Gasteiger charge is -2.33. The van der Waals surface area contributed by atoms with E-state index in [1.165, 1.54) is 18.4 Å². The molecule has 3 heteroatoms. The minimum atomic E-state index is 0.354. The minimum absolute atomic E-state index is 0.354. The lowest BCUT2D eigenvalue weighted by atomic mass is 9.99. The summed E-state index contributed by atoms with van der Waals surface area (Å²) in [5.41, 5.74) is 1.34. The highest BCUT2D eigenvalue weighted by atomic mass is 16.5. The van der Waals surface area contributed by atoms with Gasteiger partial charge in [0.25, 0.3) is 0 Å². The number of likely N-dealkylation sites (N-methyl/N-ethyl adjacent to an activating group) is 2. The lowest BCUT2D eigenvalue weighted by Crippen LogP contribution is -2.43. The Morgan fingerprint density at radius 3 is 2.68 bits per heavy atom. The molecular formula is C16H26N2O. The van der Waals surface area contributed by atoms with Crippen molar-refractivity contribution in [2.45, 2.75) is 38.0 Å². The van der Waals surface area contributed by atoms with E-state index < -0.39 is 0 Å². The van der Waals surface area contributed by atoms with Crippen molar-refractivity contribution in [1.82, 2.24) is 10.2 Å². The van der Waals surface area contributed by atoms with Crippen LogP contribution in [0.15, 0.2) is 30.3 Å². The van der Waals surface area contributed by atoms with Crippen molar-refractivity contribution < 1.29 is 4.74 Å². The van der Waals surface area contributed by atoms with Gasteiger partial charge in [-0.1, -0.05) is 30.3 Å². The number of ether oxygens (including phenoxy) is 1. The van der Waals surface area contributed by atoms with Crippen LogP contribution in [-0.4, -0.2) is 44.3 Å². The summed E-state index contributed by atoms with van der Waals surface area (Å²) in [5, 5.41) is 3.44. The van der Waals surface area contributed by atoms with Crippen molar-refractivity contribution in [2.75, 3.05) is 27.2 Å². The normalized spacial score (nSPS) is 22.6. The van der Waals surface area contributed by atoms with Crippen molar-refractivity contribution in [3.8, 4) is 0 Å². The molecule has 2 rings (SSSR count). The Kier molecular flexibility index (Phi) is 5.37. The van der Waals surface area contributed by atoms with E-state index in [2.05, 4.69) is 54.5 Å². The van der Waals surface area contributed by atoms with E-state index in [4.69, 9.17) is 4.74 Å². The molecule has 1 N–H and O–H groups in total. The van der Waals surface area contributed by atoms with E-state index in [-0.39, 0.29) is 0 Å². The highest BCUT2D eigenvalue weighted by Gasteiger charge is 2.25. The summed E-state index contributed by atoms with van der Waals surface area (Å²) in [6.45, 7) is 4.23. The summed E-state index contributed by atoms with van der Waals surface area (Å²) in [5.74, 6) is 0. The van der Waals surface area contributed by atoms with Crippen LogP contribution < -0.4 is 5.32 Å². The molecule has 0 amide bonds. The second-order valence-electron chi connectivity index (χ2n) is 5.49. The summed E-state index contributed by atoms with van der Waals surface area (Å²) in [7, 11) is 4.23. The zero-order valence-corrected chi connectivity index (χ0v) is 12.3. The van der Waals surface area contributed by atoms with E-state index in [1.807, 2.05) is 7.05 Å². The van der Waals surface area contributed by atoms with Crippen LogP contribution in [0.2, 0.25) is 0 Å². The predicted octanol–water partition coefficient (Wildman–Crippen LogP) is 2.45. The van der Waals surface area contributed by atoms with E-state index >= 15 is 0 Å². The molecule has 1 saturated heterocycles. The van der Waals surface area contributed by atoms with E-state index in [9.17, 15) is 0 Å². The number of nitrogens with zero attached hydrogens (tertiary/aromatic N) is 1. The molecule has 0 bridgehead atoms. The maximum Gasteiger partial charge on any atom is 0.0702 e. The number of nitrogens with one attached hydrogen (secondary N) is 1.